The van der Waals surface area contributed by atoms with E-state index >= 15 is 0 Å². The molecule has 0 heterocycles. The van der Waals surface area contributed by atoms with Gasteiger partial charge >= 0.3 is 11.9 Å². The molecule has 1 amide bonds. The summed E-state index contributed by atoms with van der Waals surface area (Å²) in [4.78, 5) is 34.2. The van der Waals surface area contributed by atoms with Crippen molar-refractivity contribution in [3.05, 3.63) is 0 Å². The van der Waals surface area contributed by atoms with E-state index in [9.17, 15) is 19.5 Å². The van der Waals surface area contributed by atoms with Gasteiger partial charge in [0, 0.05) is 19.4 Å². The zero-order chi connectivity index (χ0) is 15.0. The lowest BCUT2D eigenvalue weighted by molar-refractivity contribution is -0.154. The molecule has 0 aromatic heterocycles. The molecule has 1 aliphatic carbocycles. The van der Waals surface area contributed by atoms with Gasteiger partial charge in [-0.3, -0.25) is 14.4 Å². The van der Waals surface area contributed by atoms with Crippen LogP contribution in [0.2, 0.25) is 0 Å². The molecule has 1 rings (SSSR count). The van der Waals surface area contributed by atoms with Gasteiger partial charge in [-0.05, 0) is 19.3 Å². The van der Waals surface area contributed by atoms with Crippen molar-refractivity contribution in [3.8, 4) is 0 Å². The normalized spacial score (nSPS) is 17.2. The van der Waals surface area contributed by atoms with E-state index in [0.29, 0.717) is 25.8 Å². The number of hydrogen-bond donors (Lipinski definition) is 2. The molecule has 0 radical (unpaired) electrons. The first-order chi connectivity index (χ1) is 9.50. The number of carboxylic acid groups (broad SMARTS) is 1. The van der Waals surface area contributed by atoms with Crippen molar-refractivity contribution in [2.75, 3.05) is 13.7 Å². The standard InChI is InChI=1S/C14H23NO5/c1-20-12(17)6-5-9-15-11(16)10-14(13(18)19)7-3-2-4-8-14/h2-10H2,1H3,(H,15,16)(H,18,19). The molecule has 6 nitrogen and oxygen atoms in total. The Morgan fingerprint density at radius 2 is 1.85 bits per heavy atom. The number of methoxy groups -OCH3 is 1. The Labute approximate surface area is 118 Å². The van der Waals surface area contributed by atoms with Crippen LogP contribution in [0.25, 0.3) is 0 Å². The van der Waals surface area contributed by atoms with E-state index in [1.807, 2.05) is 0 Å². The van der Waals surface area contributed by atoms with Crippen molar-refractivity contribution in [1.29, 1.82) is 0 Å². The summed E-state index contributed by atoms with van der Waals surface area (Å²) in [7, 11) is 1.32. The smallest absolute Gasteiger partial charge is 0.310 e. The monoisotopic (exact) mass is 285 g/mol. The highest BCUT2D eigenvalue weighted by atomic mass is 16.5. The number of aliphatic carboxylic acids is 1. The van der Waals surface area contributed by atoms with Crippen LogP contribution in [0.15, 0.2) is 0 Å². The van der Waals surface area contributed by atoms with E-state index in [2.05, 4.69) is 10.1 Å². The topological polar surface area (TPSA) is 92.7 Å². The number of esters is 1. The van der Waals surface area contributed by atoms with Crippen LogP contribution in [0.4, 0.5) is 0 Å². The molecule has 114 valence electrons. The molecule has 0 aromatic carbocycles. The molecule has 1 fully saturated rings. The summed E-state index contributed by atoms with van der Waals surface area (Å²) >= 11 is 0. The van der Waals surface area contributed by atoms with E-state index in [4.69, 9.17) is 0 Å². The predicted octanol–water partition coefficient (Wildman–Crippen LogP) is 1.48. The minimum absolute atomic E-state index is 0.0283. The Hall–Kier alpha value is -1.59. The van der Waals surface area contributed by atoms with Crippen molar-refractivity contribution >= 4 is 17.8 Å². The fourth-order valence-electron chi connectivity index (χ4n) is 2.63. The van der Waals surface area contributed by atoms with Crippen LogP contribution >= 0.6 is 0 Å². The molecule has 2 N–H and O–H groups in total. The van der Waals surface area contributed by atoms with E-state index in [0.717, 1.165) is 19.3 Å². The number of hydrogen-bond acceptors (Lipinski definition) is 4. The summed E-state index contributed by atoms with van der Waals surface area (Å²) < 4.78 is 4.50. The Morgan fingerprint density at radius 1 is 1.20 bits per heavy atom. The number of amides is 1. The van der Waals surface area contributed by atoms with Gasteiger partial charge in [-0.25, -0.2) is 0 Å². The molecule has 6 heteroatoms. The lowest BCUT2D eigenvalue weighted by Gasteiger charge is -2.32. The van der Waals surface area contributed by atoms with Gasteiger partial charge in [-0.15, -0.1) is 0 Å². The molecular weight excluding hydrogens is 262 g/mol. The maximum Gasteiger partial charge on any atom is 0.310 e. The van der Waals surface area contributed by atoms with Crippen molar-refractivity contribution in [1.82, 2.24) is 5.32 Å². The number of carbonyl (C=O) groups excluding carboxylic acids is 2. The maximum atomic E-state index is 11.8. The van der Waals surface area contributed by atoms with Gasteiger partial charge in [0.25, 0.3) is 0 Å². The van der Waals surface area contributed by atoms with Gasteiger partial charge in [0.1, 0.15) is 0 Å². The van der Waals surface area contributed by atoms with E-state index in [1.54, 1.807) is 0 Å². The van der Waals surface area contributed by atoms with Gasteiger partial charge in [-0.1, -0.05) is 19.3 Å². The van der Waals surface area contributed by atoms with Crippen LogP contribution in [-0.4, -0.2) is 36.6 Å². The molecule has 1 aliphatic rings. The second-order valence-electron chi connectivity index (χ2n) is 5.35. The number of carboxylic acids is 1. The first kappa shape index (κ1) is 16.5. The Balaban J connectivity index is 2.35. The van der Waals surface area contributed by atoms with Gasteiger partial charge < -0.3 is 15.2 Å². The van der Waals surface area contributed by atoms with Crippen LogP contribution in [0.5, 0.6) is 0 Å². The third-order valence-corrected chi connectivity index (χ3v) is 3.87. The summed E-state index contributed by atoms with van der Waals surface area (Å²) in [5.41, 5.74) is -0.898. The SMILES string of the molecule is COC(=O)CCCNC(=O)CC1(C(=O)O)CCCCC1. The zero-order valence-electron chi connectivity index (χ0n) is 11.9. The van der Waals surface area contributed by atoms with Crippen molar-refractivity contribution in [2.24, 2.45) is 5.41 Å². The highest BCUT2D eigenvalue weighted by Crippen LogP contribution is 2.39. The fourth-order valence-corrected chi connectivity index (χ4v) is 2.63. The number of nitrogens with one attached hydrogen (secondary N) is 1. The average molecular weight is 285 g/mol. The molecule has 0 spiro atoms. The fraction of sp³-hybridized carbons (Fsp3) is 0.786. The summed E-state index contributed by atoms with van der Waals surface area (Å²) in [6.45, 7) is 0.365. The summed E-state index contributed by atoms with van der Waals surface area (Å²) in [6.07, 6.45) is 4.68. The second-order valence-corrected chi connectivity index (χ2v) is 5.35. The van der Waals surface area contributed by atoms with Crippen LogP contribution in [0.1, 0.15) is 51.4 Å². The van der Waals surface area contributed by atoms with E-state index < -0.39 is 11.4 Å². The van der Waals surface area contributed by atoms with Crippen LogP contribution in [-0.2, 0) is 19.1 Å². The minimum atomic E-state index is -0.898. The molecule has 0 bridgehead atoms. The van der Waals surface area contributed by atoms with Gasteiger partial charge in [0.15, 0.2) is 0 Å². The average Bonchev–Trinajstić information content (AvgIpc) is 2.44. The first-order valence-electron chi connectivity index (χ1n) is 7.07. The molecule has 20 heavy (non-hydrogen) atoms. The Bertz CT molecular complexity index is 361. The van der Waals surface area contributed by atoms with Crippen molar-refractivity contribution < 1.29 is 24.2 Å². The lowest BCUT2D eigenvalue weighted by atomic mass is 9.71. The van der Waals surface area contributed by atoms with E-state index in [-0.39, 0.29) is 24.7 Å². The van der Waals surface area contributed by atoms with E-state index in [1.165, 1.54) is 7.11 Å². The largest absolute Gasteiger partial charge is 0.481 e. The molecule has 0 saturated heterocycles. The molecule has 0 unspecified atom stereocenters. The first-order valence-corrected chi connectivity index (χ1v) is 7.07. The molecule has 0 atom stereocenters. The zero-order valence-corrected chi connectivity index (χ0v) is 11.9. The molecular formula is C14H23NO5. The third-order valence-electron chi connectivity index (χ3n) is 3.87. The van der Waals surface area contributed by atoms with Gasteiger partial charge in [0.2, 0.25) is 5.91 Å². The predicted molar refractivity (Wildman–Crippen MR) is 72.0 cm³/mol. The third kappa shape index (κ3) is 4.83. The van der Waals surface area contributed by atoms with Crippen molar-refractivity contribution in [2.45, 2.75) is 51.4 Å². The van der Waals surface area contributed by atoms with Gasteiger partial charge in [-0.2, -0.15) is 0 Å². The van der Waals surface area contributed by atoms with Crippen molar-refractivity contribution in [3.63, 3.8) is 0 Å². The van der Waals surface area contributed by atoms with Gasteiger partial charge in [0.05, 0.1) is 12.5 Å². The molecule has 1 saturated carbocycles. The number of carbonyl (C=O) groups is 3. The Kier molecular flexibility index (Phi) is 6.48. The highest BCUT2D eigenvalue weighted by Gasteiger charge is 2.41. The highest BCUT2D eigenvalue weighted by molar-refractivity contribution is 5.85. The summed E-state index contributed by atoms with van der Waals surface area (Å²) in [6, 6.07) is 0. The molecule has 0 aliphatic heterocycles. The number of ether oxygens (including phenoxy) is 1. The van der Waals surface area contributed by atoms with Crippen LogP contribution in [0.3, 0.4) is 0 Å². The summed E-state index contributed by atoms with van der Waals surface area (Å²) in [5, 5.41) is 12.1. The van der Waals surface area contributed by atoms with Crippen LogP contribution < -0.4 is 5.32 Å². The lowest BCUT2D eigenvalue weighted by Crippen LogP contribution is -2.39. The summed E-state index contributed by atoms with van der Waals surface area (Å²) in [5.74, 6) is -1.44. The Morgan fingerprint density at radius 3 is 2.40 bits per heavy atom. The second kappa shape index (κ2) is 7.87. The minimum Gasteiger partial charge on any atom is -0.481 e. The molecule has 0 aromatic rings. The quantitative estimate of drug-likeness (QED) is 0.546. The number of rotatable bonds is 7. The van der Waals surface area contributed by atoms with Crippen LogP contribution in [0, 0.1) is 5.41 Å². The maximum absolute atomic E-state index is 11.8.